The topological polar surface area (TPSA) is 123 Å². The molecule has 10 heteroatoms. The fourth-order valence-electron chi connectivity index (χ4n) is 2.77. The molecule has 0 aliphatic rings. The van der Waals surface area contributed by atoms with Gasteiger partial charge >= 0.3 is 11.7 Å². The lowest BCUT2D eigenvalue weighted by molar-refractivity contribution is -0.142. The van der Waals surface area contributed by atoms with E-state index in [0.717, 1.165) is 11.3 Å². The number of hydrogen-bond acceptors (Lipinski definition) is 7. The van der Waals surface area contributed by atoms with E-state index >= 15 is 0 Å². The SMILES string of the molecule is CCOC(=O)[C@H](C)Sc1nnc(Cc2cc(=O)[nH]c(=O)[nH]2)n1-c1cccc(C)c1. The molecule has 1 aromatic carbocycles. The lowest BCUT2D eigenvalue weighted by Gasteiger charge is -2.13. The maximum Gasteiger partial charge on any atom is 0.325 e. The van der Waals surface area contributed by atoms with E-state index in [1.165, 1.54) is 17.8 Å². The van der Waals surface area contributed by atoms with Crippen LogP contribution >= 0.6 is 11.8 Å². The molecular weight excluding hydrogens is 394 g/mol. The van der Waals surface area contributed by atoms with Gasteiger partial charge in [0, 0.05) is 23.9 Å². The monoisotopic (exact) mass is 415 g/mol. The Morgan fingerprint density at radius 3 is 2.72 bits per heavy atom. The first-order chi connectivity index (χ1) is 13.9. The van der Waals surface area contributed by atoms with Crippen LogP contribution in [0.1, 0.15) is 30.9 Å². The van der Waals surface area contributed by atoms with Crippen molar-refractivity contribution >= 4 is 17.7 Å². The molecule has 29 heavy (non-hydrogen) atoms. The Balaban J connectivity index is 2.02. The molecule has 152 valence electrons. The highest BCUT2D eigenvalue weighted by atomic mass is 32.2. The average molecular weight is 415 g/mol. The highest BCUT2D eigenvalue weighted by Crippen LogP contribution is 2.27. The molecule has 0 saturated carbocycles. The molecule has 0 amide bonds. The van der Waals surface area contributed by atoms with Gasteiger partial charge in [-0.3, -0.25) is 19.1 Å². The van der Waals surface area contributed by atoms with Gasteiger partial charge in [-0.1, -0.05) is 23.9 Å². The minimum atomic E-state index is -0.584. The number of H-pyrrole nitrogens is 2. The van der Waals surface area contributed by atoms with Crippen molar-refractivity contribution in [3.05, 3.63) is 68.3 Å². The Kier molecular flexibility index (Phi) is 6.32. The molecule has 0 aliphatic carbocycles. The molecule has 3 aromatic rings. The molecule has 0 spiro atoms. The van der Waals surface area contributed by atoms with Crippen molar-refractivity contribution in [3.8, 4) is 5.69 Å². The van der Waals surface area contributed by atoms with Crippen molar-refractivity contribution < 1.29 is 9.53 Å². The van der Waals surface area contributed by atoms with Crippen LogP contribution in [0, 0.1) is 6.92 Å². The zero-order valence-electron chi connectivity index (χ0n) is 16.3. The number of esters is 1. The fourth-order valence-corrected chi connectivity index (χ4v) is 3.65. The van der Waals surface area contributed by atoms with Crippen molar-refractivity contribution in [2.75, 3.05) is 6.61 Å². The number of hydrogen-bond donors (Lipinski definition) is 2. The second-order valence-corrected chi connectivity index (χ2v) is 7.68. The van der Waals surface area contributed by atoms with Gasteiger partial charge in [0.1, 0.15) is 11.1 Å². The third kappa shape index (κ3) is 5.02. The van der Waals surface area contributed by atoms with Crippen LogP contribution in [0.5, 0.6) is 0 Å². The minimum Gasteiger partial charge on any atom is -0.465 e. The molecule has 2 aromatic heterocycles. The first-order valence-electron chi connectivity index (χ1n) is 9.04. The summed E-state index contributed by atoms with van der Waals surface area (Å²) < 4.78 is 6.89. The summed E-state index contributed by atoms with van der Waals surface area (Å²) in [5, 5.41) is 8.51. The number of aromatic amines is 2. The van der Waals surface area contributed by atoms with Crippen molar-refractivity contribution in [1.82, 2.24) is 24.7 Å². The van der Waals surface area contributed by atoms with Crippen molar-refractivity contribution in [2.45, 2.75) is 37.6 Å². The van der Waals surface area contributed by atoms with Gasteiger partial charge in [-0.05, 0) is 38.5 Å². The zero-order valence-corrected chi connectivity index (χ0v) is 17.1. The molecule has 3 rings (SSSR count). The predicted molar refractivity (Wildman–Crippen MR) is 109 cm³/mol. The van der Waals surface area contributed by atoms with Crippen LogP contribution in [-0.2, 0) is 16.0 Å². The lowest BCUT2D eigenvalue weighted by Crippen LogP contribution is -2.23. The number of carbonyl (C=O) groups is 1. The van der Waals surface area contributed by atoms with Crippen LogP contribution in [0.3, 0.4) is 0 Å². The Bertz CT molecular complexity index is 1110. The van der Waals surface area contributed by atoms with Crippen LogP contribution in [0.2, 0.25) is 0 Å². The van der Waals surface area contributed by atoms with E-state index in [-0.39, 0.29) is 12.4 Å². The Morgan fingerprint density at radius 1 is 1.24 bits per heavy atom. The van der Waals surface area contributed by atoms with Gasteiger partial charge in [0.2, 0.25) is 0 Å². The standard InChI is InChI=1S/C19H21N5O4S/c1-4-28-17(26)12(3)29-19-23-22-15(9-13-10-16(25)21-18(27)20-13)24(19)14-7-5-6-11(2)8-14/h5-8,10,12H,4,9H2,1-3H3,(H2,20,21,25,27)/t12-/m0/s1. The molecule has 0 fully saturated rings. The number of ether oxygens (including phenoxy) is 1. The molecule has 0 unspecified atom stereocenters. The normalized spacial score (nSPS) is 12.0. The number of aryl methyl sites for hydroxylation is 1. The second-order valence-electron chi connectivity index (χ2n) is 6.38. The number of rotatable bonds is 7. The van der Waals surface area contributed by atoms with E-state index in [4.69, 9.17) is 4.74 Å². The Labute approximate surface area is 170 Å². The van der Waals surface area contributed by atoms with Crippen molar-refractivity contribution in [3.63, 3.8) is 0 Å². The van der Waals surface area contributed by atoms with Gasteiger partial charge in [-0.15, -0.1) is 10.2 Å². The number of thioether (sulfide) groups is 1. The largest absolute Gasteiger partial charge is 0.465 e. The quantitative estimate of drug-likeness (QED) is 0.444. The molecule has 9 nitrogen and oxygen atoms in total. The summed E-state index contributed by atoms with van der Waals surface area (Å²) in [6.07, 6.45) is 0.189. The summed E-state index contributed by atoms with van der Waals surface area (Å²) in [5.41, 5.74) is 1.20. The number of aromatic nitrogens is 5. The number of benzene rings is 1. The van der Waals surface area contributed by atoms with Crippen LogP contribution in [-0.4, -0.2) is 42.6 Å². The van der Waals surface area contributed by atoms with Crippen LogP contribution in [0.4, 0.5) is 0 Å². The number of nitrogens with one attached hydrogen (secondary N) is 2. The molecule has 2 N–H and O–H groups in total. The molecule has 2 heterocycles. The van der Waals surface area contributed by atoms with Gasteiger partial charge < -0.3 is 9.72 Å². The maximum absolute atomic E-state index is 12.0. The van der Waals surface area contributed by atoms with E-state index < -0.39 is 16.5 Å². The van der Waals surface area contributed by atoms with Gasteiger partial charge in [0.25, 0.3) is 5.56 Å². The van der Waals surface area contributed by atoms with E-state index in [1.807, 2.05) is 35.8 Å². The highest BCUT2D eigenvalue weighted by Gasteiger charge is 2.22. The summed E-state index contributed by atoms with van der Waals surface area (Å²) in [5.74, 6) is 0.187. The van der Waals surface area contributed by atoms with Gasteiger partial charge in [0.05, 0.1) is 6.61 Å². The van der Waals surface area contributed by atoms with Crippen LogP contribution in [0.15, 0.2) is 45.1 Å². The van der Waals surface area contributed by atoms with Gasteiger partial charge in [0.15, 0.2) is 5.16 Å². The molecular formula is C19H21N5O4S. The molecule has 0 bridgehead atoms. The van der Waals surface area contributed by atoms with E-state index in [9.17, 15) is 14.4 Å². The maximum atomic E-state index is 12.0. The van der Waals surface area contributed by atoms with Crippen LogP contribution < -0.4 is 11.2 Å². The molecule has 0 saturated heterocycles. The third-order valence-electron chi connectivity index (χ3n) is 4.03. The Hall–Kier alpha value is -3.14. The van der Waals surface area contributed by atoms with E-state index in [0.29, 0.717) is 23.3 Å². The van der Waals surface area contributed by atoms with Gasteiger partial charge in [-0.2, -0.15) is 0 Å². The molecule has 0 radical (unpaired) electrons. The highest BCUT2D eigenvalue weighted by molar-refractivity contribution is 8.00. The van der Waals surface area contributed by atoms with Gasteiger partial charge in [-0.25, -0.2) is 4.79 Å². The van der Waals surface area contributed by atoms with Crippen molar-refractivity contribution in [2.24, 2.45) is 0 Å². The summed E-state index contributed by atoms with van der Waals surface area (Å²) in [6, 6.07) is 9.05. The van der Waals surface area contributed by atoms with E-state index in [1.54, 1.807) is 13.8 Å². The minimum absolute atomic E-state index is 0.189. The van der Waals surface area contributed by atoms with Crippen molar-refractivity contribution in [1.29, 1.82) is 0 Å². The Morgan fingerprint density at radius 2 is 2.03 bits per heavy atom. The average Bonchev–Trinajstić information content (AvgIpc) is 3.03. The summed E-state index contributed by atoms with van der Waals surface area (Å²) in [7, 11) is 0. The summed E-state index contributed by atoms with van der Waals surface area (Å²) in [6.45, 7) is 5.77. The smallest absolute Gasteiger partial charge is 0.325 e. The first-order valence-corrected chi connectivity index (χ1v) is 9.92. The summed E-state index contributed by atoms with van der Waals surface area (Å²) >= 11 is 1.23. The van der Waals surface area contributed by atoms with E-state index in [2.05, 4.69) is 20.2 Å². The predicted octanol–water partition coefficient (Wildman–Crippen LogP) is 1.59. The number of nitrogens with zero attached hydrogens (tertiary/aromatic N) is 3. The first kappa shape index (κ1) is 20.6. The lowest BCUT2D eigenvalue weighted by atomic mass is 10.2. The number of carbonyl (C=O) groups excluding carboxylic acids is 1. The van der Waals surface area contributed by atoms with Crippen LogP contribution in [0.25, 0.3) is 5.69 Å². The summed E-state index contributed by atoms with van der Waals surface area (Å²) in [4.78, 5) is 40.0. The molecule has 0 aliphatic heterocycles. The fraction of sp³-hybridized carbons (Fsp3) is 0.316. The zero-order chi connectivity index (χ0) is 21.0. The molecule has 1 atom stereocenters. The third-order valence-corrected chi connectivity index (χ3v) is 5.05. The second kappa shape index (κ2) is 8.91.